The molecule has 6 heteroatoms. The Labute approximate surface area is 113 Å². The van der Waals surface area contributed by atoms with Gasteiger partial charge in [0.25, 0.3) is 0 Å². The maximum Gasteiger partial charge on any atom is 0.323 e. The largest absolute Gasteiger partial charge is 0.480 e. The number of carbonyl (C=O) groups is 2. The van der Waals surface area contributed by atoms with Gasteiger partial charge < -0.3 is 14.9 Å². The van der Waals surface area contributed by atoms with Gasteiger partial charge in [0.15, 0.2) is 0 Å². The summed E-state index contributed by atoms with van der Waals surface area (Å²) in [6.07, 6.45) is 0. The molecule has 0 bridgehead atoms. The minimum atomic E-state index is -0.968. The van der Waals surface area contributed by atoms with Crippen molar-refractivity contribution >= 4 is 23.8 Å². The summed E-state index contributed by atoms with van der Waals surface area (Å²) in [7, 11) is 0. The minimum Gasteiger partial charge on any atom is -0.480 e. The number of urea groups is 1. The fourth-order valence-corrected chi connectivity index (χ4v) is 3.46. The Morgan fingerprint density at radius 1 is 1.33 bits per heavy atom. The molecule has 2 atom stereocenters. The fourth-order valence-electron chi connectivity index (χ4n) is 2.13. The molecular formula is C12H22N2O3S. The topological polar surface area (TPSA) is 60.9 Å². The first kappa shape index (κ1) is 15.1. The molecule has 0 aromatic rings. The Morgan fingerprint density at radius 2 is 1.83 bits per heavy atom. The maximum atomic E-state index is 12.3. The van der Waals surface area contributed by atoms with E-state index in [2.05, 4.69) is 13.8 Å². The van der Waals surface area contributed by atoms with Crippen molar-refractivity contribution in [2.45, 2.75) is 44.2 Å². The van der Waals surface area contributed by atoms with Crippen LogP contribution < -0.4 is 0 Å². The second-order valence-electron chi connectivity index (χ2n) is 5.06. The van der Waals surface area contributed by atoms with E-state index in [1.165, 1.54) is 4.90 Å². The third kappa shape index (κ3) is 4.08. The minimum absolute atomic E-state index is 0.103. The van der Waals surface area contributed by atoms with Gasteiger partial charge in [-0.05, 0) is 13.8 Å². The van der Waals surface area contributed by atoms with Crippen molar-refractivity contribution in [2.75, 3.05) is 19.6 Å². The molecule has 0 aromatic heterocycles. The molecule has 1 aliphatic heterocycles. The second kappa shape index (κ2) is 6.31. The highest BCUT2D eigenvalue weighted by atomic mass is 32.2. The van der Waals surface area contributed by atoms with E-state index in [1.54, 1.807) is 4.90 Å². The summed E-state index contributed by atoms with van der Waals surface area (Å²) in [6.45, 7) is 9.02. The number of thioether (sulfide) groups is 1. The van der Waals surface area contributed by atoms with Gasteiger partial charge in [0.1, 0.15) is 6.54 Å². The zero-order chi connectivity index (χ0) is 13.9. The highest BCUT2D eigenvalue weighted by Crippen LogP contribution is 2.25. The van der Waals surface area contributed by atoms with Crippen LogP contribution in [0.15, 0.2) is 0 Å². The lowest BCUT2D eigenvalue weighted by Gasteiger charge is -2.38. The van der Waals surface area contributed by atoms with Gasteiger partial charge in [-0.2, -0.15) is 11.8 Å². The normalized spacial score (nSPS) is 24.2. The van der Waals surface area contributed by atoms with Gasteiger partial charge >= 0.3 is 12.0 Å². The molecule has 1 rings (SSSR count). The van der Waals surface area contributed by atoms with Gasteiger partial charge in [0, 0.05) is 29.6 Å². The summed E-state index contributed by atoms with van der Waals surface area (Å²) in [5.74, 6) is -0.968. The van der Waals surface area contributed by atoms with Gasteiger partial charge in [-0.1, -0.05) is 13.8 Å². The van der Waals surface area contributed by atoms with Crippen LogP contribution >= 0.6 is 11.8 Å². The Bertz CT molecular complexity index is 312. The molecule has 0 spiro atoms. The molecule has 104 valence electrons. The van der Waals surface area contributed by atoms with Gasteiger partial charge in [0.05, 0.1) is 0 Å². The standard InChI is InChI=1S/C12H22N2O3S/c1-8(2)14(7-11(15)16)12(17)13-5-9(3)18-10(4)6-13/h8-10H,5-7H2,1-4H3,(H,15,16). The van der Waals surface area contributed by atoms with Crippen molar-refractivity contribution < 1.29 is 14.7 Å². The monoisotopic (exact) mass is 274 g/mol. The Hall–Kier alpha value is -0.910. The first-order chi connectivity index (χ1) is 8.31. The van der Waals surface area contributed by atoms with Crippen molar-refractivity contribution in [3.63, 3.8) is 0 Å². The summed E-state index contributed by atoms with van der Waals surface area (Å²) in [6, 6.07) is -0.264. The van der Waals surface area contributed by atoms with E-state index in [0.29, 0.717) is 23.6 Å². The van der Waals surface area contributed by atoms with Crippen LogP contribution in [0.4, 0.5) is 4.79 Å². The van der Waals surface area contributed by atoms with Crippen LogP contribution in [0, 0.1) is 0 Å². The molecule has 0 radical (unpaired) electrons. The van der Waals surface area contributed by atoms with Crippen LogP contribution in [0.2, 0.25) is 0 Å². The number of hydrogen-bond donors (Lipinski definition) is 1. The molecular weight excluding hydrogens is 252 g/mol. The lowest BCUT2D eigenvalue weighted by atomic mass is 10.3. The predicted octanol–water partition coefficient (Wildman–Crippen LogP) is 1.73. The summed E-state index contributed by atoms with van der Waals surface area (Å²) < 4.78 is 0. The highest BCUT2D eigenvalue weighted by Gasteiger charge is 2.30. The third-order valence-electron chi connectivity index (χ3n) is 2.86. The van der Waals surface area contributed by atoms with E-state index in [-0.39, 0.29) is 18.6 Å². The molecule has 2 unspecified atom stereocenters. The van der Waals surface area contributed by atoms with Crippen LogP contribution in [0.25, 0.3) is 0 Å². The maximum absolute atomic E-state index is 12.3. The van der Waals surface area contributed by atoms with E-state index in [9.17, 15) is 9.59 Å². The fraction of sp³-hybridized carbons (Fsp3) is 0.833. The van der Waals surface area contributed by atoms with Crippen molar-refractivity contribution in [3.05, 3.63) is 0 Å². The number of carboxylic acids is 1. The van der Waals surface area contributed by atoms with E-state index < -0.39 is 5.97 Å². The van der Waals surface area contributed by atoms with Crippen LogP contribution in [-0.4, -0.2) is 63.1 Å². The zero-order valence-corrected chi connectivity index (χ0v) is 12.2. The van der Waals surface area contributed by atoms with Gasteiger partial charge in [-0.3, -0.25) is 4.79 Å². The summed E-state index contributed by atoms with van der Waals surface area (Å²) in [4.78, 5) is 26.3. The Balaban J connectivity index is 2.72. The number of rotatable bonds is 3. The molecule has 1 heterocycles. The quantitative estimate of drug-likeness (QED) is 0.851. The van der Waals surface area contributed by atoms with E-state index in [0.717, 1.165) is 0 Å². The van der Waals surface area contributed by atoms with Crippen molar-refractivity contribution in [2.24, 2.45) is 0 Å². The van der Waals surface area contributed by atoms with Gasteiger partial charge in [0.2, 0.25) is 0 Å². The highest BCUT2D eigenvalue weighted by molar-refractivity contribution is 8.00. The van der Waals surface area contributed by atoms with Crippen molar-refractivity contribution in [1.29, 1.82) is 0 Å². The van der Waals surface area contributed by atoms with E-state index in [4.69, 9.17) is 5.11 Å². The molecule has 1 fully saturated rings. The van der Waals surface area contributed by atoms with Crippen LogP contribution in [0.1, 0.15) is 27.7 Å². The summed E-state index contributed by atoms with van der Waals surface area (Å²) in [5.41, 5.74) is 0. The second-order valence-corrected chi connectivity index (χ2v) is 6.94. The number of nitrogens with zero attached hydrogens (tertiary/aromatic N) is 2. The molecule has 1 aliphatic rings. The molecule has 2 amide bonds. The van der Waals surface area contributed by atoms with Crippen molar-refractivity contribution in [3.8, 4) is 0 Å². The molecule has 0 saturated carbocycles. The zero-order valence-electron chi connectivity index (χ0n) is 11.4. The molecule has 0 aliphatic carbocycles. The Morgan fingerprint density at radius 3 is 2.22 bits per heavy atom. The SMILES string of the molecule is CC1CN(C(=O)N(CC(=O)O)C(C)C)CC(C)S1. The lowest BCUT2D eigenvalue weighted by molar-refractivity contribution is -0.138. The van der Waals surface area contributed by atoms with Crippen LogP contribution in [-0.2, 0) is 4.79 Å². The summed E-state index contributed by atoms with van der Waals surface area (Å²) >= 11 is 1.87. The number of aliphatic carboxylic acids is 1. The van der Waals surface area contributed by atoms with Crippen LogP contribution in [0.3, 0.4) is 0 Å². The van der Waals surface area contributed by atoms with Gasteiger partial charge in [-0.25, -0.2) is 4.79 Å². The van der Waals surface area contributed by atoms with E-state index >= 15 is 0 Å². The Kier molecular flexibility index (Phi) is 5.31. The summed E-state index contributed by atoms with van der Waals surface area (Å²) in [5, 5.41) is 9.67. The molecule has 5 nitrogen and oxygen atoms in total. The number of carboxylic acid groups (broad SMARTS) is 1. The molecule has 1 saturated heterocycles. The smallest absolute Gasteiger partial charge is 0.323 e. The first-order valence-electron chi connectivity index (χ1n) is 6.24. The first-order valence-corrected chi connectivity index (χ1v) is 7.18. The van der Waals surface area contributed by atoms with Crippen molar-refractivity contribution in [1.82, 2.24) is 9.80 Å². The number of amides is 2. The molecule has 0 aromatic carbocycles. The molecule has 18 heavy (non-hydrogen) atoms. The average Bonchev–Trinajstić information content (AvgIpc) is 2.23. The third-order valence-corrected chi connectivity index (χ3v) is 4.09. The number of hydrogen-bond acceptors (Lipinski definition) is 3. The van der Waals surface area contributed by atoms with Crippen LogP contribution in [0.5, 0.6) is 0 Å². The molecule has 1 N–H and O–H groups in total. The predicted molar refractivity (Wildman–Crippen MR) is 73.0 cm³/mol. The lowest BCUT2D eigenvalue weighted by Crippen LogP contribution is -2.53. The average molecular weight is 274 g/mol. The van der Waals surface area contributed by atoms with E-state index in [1.807, 2.05) is 25.6 Å². The number of carbonyl (C=O) groups excluding carboxylic acids is 1. The van der Waals surface area contributed by atoms with Gasteiger partial charge in [-0.15, -0.1) is 0 Å².